The molecule has 5 nitrogen and oxygen atoms in total. The average Bonchev–Trinajstić information content (AvgIpc) is 2.64. The molecule has 2 aromatic rings. The Morgan fingerprint density at radius 3 is 2.50 bits per heavy atom. The van der Waals surface area contributed by atoms with E-state index in [2.05, 4.69) is 26.1 Å². The second kappa shape index (κ2) is 4.64. The third-order valence-corrected chi connectivity index (χ3v) is 4.54. The molecule has 0 N–H and O–H groups in total. The topological polar surface area (TPSA) is 64.8 Å². The lowest BCUT2D eigenvalue weighted by Crippen LogP contribution is -2.02. The third kappa shape index (κ3) is 2.43. The van der Waals surface area contributed by atoms with Gasteiger partial charge in [-0.05, 0) is 18.6 Å². The number of rotatable bonds is 2. The molecule has 0 bridgehead atoms. The number of hydrogen-bond donors (Lipinski definition) is 0. The molecule has 2 rings (SSSR count). The second-order valence-electron chi connectivity index (χ2n) is 3.77. The minimum Gasteiger partial charge on any atom is -0.300 e. The summed E-state index contributed by atoms with van der Waals surface area (Å²) in [6.07, 6.45) is 0. The first kappa shape index (κ1) is 13.5. The van der Waals surface area contributed by atoms with Gasteiger partial charge in [0.05, 0.1) is 0 Å². The second-order valence-corrected chi connectivity index (χ2v) is 7.08. The monoisotopic (exact) mass is 349 g/mol. The van der Waals surface area contributed by atoms with Gasteiger partial charge in [-0.2, -0.15) is 0 Å². The van der Waals surface area contributed by atoms with E-state index in [9.17, 15) is 8.42 Å². The van der Waals surface area contributed by atoms with Gasteiger partial charge in [-0.3, -0.25) is 4.57 Å². The highest BCUT2D eigenvalue weighted by atomic mass is 79.9. The number of hydrogen-bond acceptors (Lipinski definition) is 4. The molecule has 0 unspecified atom stereocenters. The molecule has 0 saturated heterocycles. The van der Waals surface area contributed by atoms with Gasteiger partial charge in [-0.25, -0.2) is 8.42 Å². The van der Waals surface area contributed by atoms with Crippen LogP contribution in [0.15, 0.2) is 27.8 Å². The van der Waals surface area contributed by atoms with Crippen molar-refractivity contribution in [3.63, 3.8) is 0 Å². The lowest BCUT2D eigenvalue weighted by Gasteiger charge is -2.04. The van der Waals surface area contributed by atoms with Gasteiger partial charge < -0.3 is 0 Å². The highest BCUT2D eigenvalue weighted by molar-refractivity contribution is 9.10. The summed E-state index contributed by atoms with van der Waals surface area (Å²) in [5, 5.41) is 7.18. The molecule has 1 heterocycles. The molecule has 18 heavy (non-hydrogen) atoms. The maximum absolute atomic E-state index is 11.3. The van der Waals surface area contributed by atoms with Crippen molar-refractivity contribution < 1.29 is 8.42 Å². The Morgan fingerprint density at radius 1 is 1.33 bits per heavy atom. The normalized spacial score (nSPS) is 11.8. The molecule has 8 heteroatoms. The number of aryl methyl sites for hydroxylation is 1. The van der Waals surface area contributed by atoms with Crippen molar-refractivity contribution in [2.45, 2.75) is 12.1 Å². The maximum Gasteiger partial charge on any atom is 0.296 e. The molecular formula is C10H9BrClN3O2S. The standard InChI is InChI=1S/C10H9BrClN3O2S/c1-6-3-4-7(5-8(6)11)9-13-14-10(15(9)2)18(12,16)17/h3-5H,1-2H3. The summed E-state index contributed by atoms with van der Waals surface area (Å²) in [6, 6.07) is 5.60. The van der Waals surface area contributed by atoms with Crippen molar-refractivity contribution >= 4 is 35.7 Å². The van der Waals surface area contributed by atoms with Crippen molar-refractivity contribution in [3.8, 4) is 11.4 Å². The van der Waals surface area contributed by atoms with Gasteiger partial charge in [-0.15, -0.1) is 10.2 Å². The minimum atomic E-state index is -3.89. The van der Waals surface area contributed by atoms with Crippen LogP contribution < -0.4 is 0 Å². The predicted octanol–water partition coefficient (Wildman–Crippen LogP) is 2.48. The number of aromatic nitrogens is 3. The van der Waals surface area contributed by atoms with Crippen LogP contribution in [0.25, 0.3) is 11.4 Å². The van der Waals surface area contributed by atoms with E-state index in [0.29, 0.717) is 5.82 Å². The van der Waals surface area contributed by atoms with Crippen molar-refractivity contribution in [2.24, 2.45) is 7.05 Å². The first-order valence-corrected chi connectivity index (χ1v) is 8.01. The molecule has 0 atom stereocenters. The minimum absolute atomic E-state index is 0.268. The van der Waals surface area contributed by atoms with Crippen LogP contribution in [0.2, 0.25) is 0 Å². The first-order chi connectivity index (χ1) is 8.30. The van der Waals surface area contributed by atoms with Gasteiger partial charge in [0, 0.05) is 27.8 Å². The Labute approximate surface area is 117 Å². The van der Waals surface area contributed by atoms with Crippen molar-refractivity contribution in [3.05, 3.63) is 28.2 Å². The molecule has 96 valence electrons. The number of halogens is 2. The Hall–Kier alpha value is -0.920. The van der Waals surface area contributed by atoms with Gasteiger partial charge in [0.2, 0.25) is 0 Å². The fourth-order valence-corrected chi connectivity index (χ4v) is 2.84. The molecule has 0 fully saturated rings. The molecule has 1 aromatic heterocycles. The van der Waals surface area contributed by atoms with Crippen LogP contribution in [0.1, 0.15) is 5.56 Å². The van der Waals surface area contributed by atoms with E-state index in [1.54, 1.807) is 7.05 Å². The van der Waals surface area contributed by atoms with E-state index >= 15 is 0 Å². The van der Waals surface area contributed by atoms with Crippen molar-refractivity contribution in [1.82, 2.24) is 14.8 Å². The van der Waals surface area contributed by atoms with Crippen LogP contribution in [-0.4, -0.2) is 23.2 Å². The third-order valence-electron chi connectivity index (χ3n) is 2.48. The zero-order valence-corrected chi connectivity index (χ0v) is 12.7. The maximum atomic E-state index is 11.3. The van der Waals surface area contributed by atoms with E-state index < -0.39 is 9.05 Å². The molecule has 0 amide bonds. The molecule has 1 aromatic carbocycles. The fourth-order valence-electron chi connectivity index (χ4n) is 1.51. The highest BCUT2D eigenvalue weighted by Crippen LogP contribution is 2.25. The van der Waals surface area contributed by atoms with Gasteiger partial charge >= 0.3 is 0 Å². The van der Waals surface area contributed by atoms with Crippen LogP contribution in [-0.2, 0) is 16.1 Å². The van der Waals surface area contributed by atoms with E-state index in [-0.39, 0.29) is 5.16 Å². The summed E-state index contributed by atoms with van der Waals surface area (Å²) in [6.45, 7) is 1.96. The Kier molecular flexibility index (Phi) is 3.48. The lowest BCUT2D eigenvalue weighted by molar-refractivity contribution is 0.593. The van der Waals surface area contributed by atoms with Crippen LogP contribution >= 0.6 is 26.6 Å². The summed E-state index contributed by atoms with van der Waals surface area (Å²) in [5.41, 5.74) is 1.83. The van der Waals surface area contributed by atoms with Crippen LogP contribution in [0.4, 0.5) is 0 Å². The first-order valence-electron chi connectivity index (χ1n) is 4.91. The van der Waals surface area contributed by atoms with Crippen LogP contribution in [0.5, 0.6) is 0 Å². The molecule has 0 aliphatic heterocycles. The smallest absolute Gasteiger partial charge is 0.296 e. The van der Waals surface area contributed by atoms with Crippen LogP contribution in [0.3, 0.4) is 0 Å². The quantitative estimate of drug-likeness (QED) is 0.781. The number of benzene rings is 1. The van der Waals surface area contributed by atoms with Gasteiger partial charge in [0.1, 0.15) is 0 Å². The zero-order valence-electron chi connectivity index (χ0n) is 9.55. The zero-order chi connectivity index (χ0) is 13.5. The summed E-state index contributed by atoms with van der Waals surface area (Å²) in [7, 11) is 2.93. The van der Waals surface area contributed by atoms with Gasteiger partial charge in [0.15, 0.2) is 5.82 Å². The highest BCUT2D eigenvalue weighted by Gasteiger charge is 2.21. The largest absolute Gasteiger partial charge is 0.300 e. The van der Waals surface area contributed by atoms with Crippen molar-refractivity contribution in [2.75, 3.05) is 0 Å². The van der Waals surface area contributed by atoms with E-state index in [0.717, 1.165) is 15.6 Å². The summed E-state index contributed by atoms with van der Waals surface area (Å²) in [4.78, 5) is 0. The van der Waals surface area contributed by atoms with Crippen LogP contribution in [0, 0.1) is 6.92 Å². The lowest BCUT2D eigenvalue weighted by atomic mass is 10.1. The summed E-state index contributed by atoms with van der Waals surface area (Å²) < 4.78 is 24.8. The molecule has 0 spiro atoms. The van der Waals surface area contributed by atoms with Crippen molar-refractivity contribution in [1.29, 1.82) is 0 Å². The summed E-state index contributed by atoms with van der Waals surface area (Å²) in [5.74, 6) is 0.440. The number of nitrogens with zero attached hydrogens (tertiary/aromatic N) is 3. The molecule has 0 aliphatic carbocycles. The predicted molar refractivity (Wildman–Crippen MR) is 71.9 cm³/mol. The fraction of sp³-hybridized carbons (Fsp3) is 0.200. The molecule has 0 radical (unpaired) electrons. The SMILES string of the molecule is Cc1ccc(-c2nnc(S(=O)(=O)Cl)n2C)cc1Br. The Morgan fingerprint density at radius 2 is 2.00 bits per heavy atom. The van der Waals surface area contributed by atoms with Gasteiger partial charge in [0.25, 0.3) is 14.2 Å². The molecular weight excluding hydrogens is 342 g/mol. The van der Waals surface area contributed by atoms with E-state index in [1.165, 1.54) is 4.57 Å². The molecule has 0 saturated carbocycles. The van der Waals surface area contributed by atoms with Gasteiger partial charge in [-0.1, -0.05) is 28.1 Å². The van der Waals surface area contributed by atoms with E-state index in [1.807, 2.05) is 25.1 Å². The average molecular weight is 351 g/mol. The van der Waals surface area contributed by atoms with E-state index in [4.69, 9.17) is 10.7 Å². The summed E-state index contributed by atoms with van der Waals surface area (Å²) >= 11 is 3.41. The Bertz CT molecular complexity index is 712. The Balaban J connectivity index is 2.59. The molecule has 0 aliphatic rings.